The van der Waals surface area contributed by atoms with Crippen LogP contribution in [0.5, 0.6) is 0 Å². The Morgan fingerprint density at radius 2 is 2.06 bits per heavy atom. The van der Waals surface area contributed by atoms with E-state index in [9.17, 15) is 19.0 Å². The molecule has 0 fully saturated rings. The summed E-state index contributed by atoms with van der Waals surface area (Å²) in [5.41, 5.74) is 5.05. The van der Waals surface area contributed by atoms with Crippen molar-refractivity contribution < 1.29 is 33.9 Å². The van der Waals surface area contributed by atoms with E-state index in [1.807, 2.05) is 6.92 Å². The van der Waals surface area contributed by atoms with E-state index in [1.165, 1.54) is 0 Å². The first-order chi connectivity index (χ1) is 7.90. The van der Waals surface area contributed by atoms with Crippen LogP contribution in [0.1, 0.15) is 26.2 Å². The number of aliphatic hydroxyl groups is 1. The lowest BCUT2D eigenvalue weighted by Crippen LogP contribution is -2.42. The molecule has 0 bridgehead atoms. The van der Waals surface area contributed by atoms with E-state index in [2.05, 4.69) is 9.78 Å². The van der Waals surface area contributed by atoms with Crippen molar-refractivity contribution in [3.63, 3.8) is 0 Å². The first-order valence-corrected chi connectivity index (χ1v) is 6.13. The van der Waals surface area contributed by atoms with E-state index in [0.29, 0.717) is 6.42 Å². The summed E-state index contributed by atoms with van der Waals surface area (Å²) in [5.74, 6) is -4.18. The molecule has 0 aromatic carbocycles. The van der Waals surface area contributed by atoms with Crippen molar-refractivity contribution >= 4 is 20.0 Å². The van der Waals surface area contributed by atoms with Crippen LogP contribution in [0.3, 0.4) is 0 Å². The molecule has 0 saturated heterocycles. The predicted molar refractivity (Wildman–Crippen MR) is 53.3 cm³/mol. The Bertz CT molecular complexity index is 296. The molecule has 0 radical (unpaired) electrons. The van der Waals surface area contributed by atoms with Gasteiger partial charge in [-0.1, -0.05) is 17.9 Å². The summed E-state index contributed by atoms with van der Waals surface area (Å²) in [4.78, 5) is 40.3. The molecule has 3 atom stereocenters. The summed E-state index contributed by atoms with van der Waals surface area (Å²) >= 11 is 0. The largest absolute Gasteiger partial charge is 0.593 e. The highest BCUT2D eigenvalue weighted by molar-refractivity contribution is 7.37. The van der Waals surface area contributed by atoms with Gasteiger partial charge in [-0.2, -0.15) is 0 Å². The molecule has 0 saturated carbocycles. The molecule has 3 unspecified atom stereocenters. The SMILES string of the molecule is CCCCC(=O)OOC(=O)C(N)C(O)[P+](=O)[O-]. The van der Waals surface area contributed by atoms with Gasteiger partial charge in [0.2, 0.25) is 0 Å². The normalized spacial score (nSPS) is 14.7. The lowest BCUT2D eigenvalue weighted by atomic mass is 10.3. The first-order valence-electron chi connectivity index (χ1n) is 4.88. The number of unbranched alkanes of at least 4 members (excludes halogenated alkanes) is 1. The average Bonchev–Trinajstić information content (AvgIpc) is 2.31. The molecule has 0 spiro atoms. The Labute approximate surface area is 98.5 Å². The Kier molecular flexibility index (Phi) is 7.56. The van der Waals surface area contributed by atoms with Crippen LogP contribution in [0.15, 0.2) is 0 Å². The Morgan fingerprint density at radius 1 is 1.47 bits per heavy atom. The van der Waals surface area contributed by atoms with Crippen molar-refractivity contribution in [1.29, 1.82) is 0 Å². The van der Waals surface area contributed by atoms with Gasteiger partial charge in [-0.15, -0.1) is 0 Å². The van der Waals surface area contributed by atoms with Crippen LogP contribution < -0.4 is 10.6 Å². The molecule has 0 aromatic heterocycles. The van der Waals surface area contributed by atoms with Gasteiger partial charge in [-0.3, -0.25) is 0 Å². The van der Waals surface area contributed by atoms with E-state index in [4.69, 9.17) is 10.8 Å². The van der Waals surface area contributed by atoms with Crippen molar-refractivity contribution in [3.8, 4) is 0 Å². The van der Waals surface area contributed by atoms with Gasteiger partial charge in [0.25, 0.3) is 5.85 Å². The van der Waals surface area contributed by atoms with Crippen LogP contribution >= 0.6 is 8.03 Å². The summed E-state index contributed by atoms with van der Waals surface area (Å²) in [5, 5.41) is 8.91. The summed E-state index contributed by atoms with van der Waals surface area (Å²) in [6.45, 7) is 1.86. The number of rotatable bonds is 6. The average molecular weight is 267 g/mol. The molecule has 0 rings (SSSR count). The maximum atomic E-state index is 11.0. The second-order valence-corrected chi connectivity index (χ2v) is 4.29. The van der Waals surface area contributed by atoms with Gasteiger partial charge in [0.15, 0.2) is 6.04 Å². The van der Waals surface area contributed by atoms with Crippen molar-refractivity contribution in [1.82, 2.24) is 0 Å². The van der Waals surface area contributed by atoms with Crippen LogP contribution in [0.4, 0.5) is 0 Å². The van der Waals surface area contributed by atoms with E-state index < -0.39 is 31.9 Å². The Balaban J connectivity index is 4.01. The lowest BCUT2D eigenvalue weighted by Gasteiger charge is -2.09. The number of hydrogen-bond donors (Lipinski definition) is 2. The number of nitrogens with two attached hydrogens (primary N) is 1. The minimum Gasteiger partial charge on any atom is -0.593 e. The van der Waals surface area contributed by atoms with Crippen LogP contribution in [0, 0.1) is 0 Å². The smallest absolute Gasteiger partial charge is 0.379 e. The van der Waals surface area contributed by atoms with E-state index in [0.717, 1.165) is 6.42 Å². The van der Waals surface area contributed by atoms with Gasteiger partial charge < -0.3 is 15.7 Å². The quantitative estimate of drug-likeness (QED) is 0.352. The number of hydrogen-bond acceptors (Lipinski definition) is 8. The number of carbonyl (C=O) groups excluding carboxylic acids is 2. The number of carbonyl (C=O) groups is 2. The van der Waals surface area contributed by atoms with Crippen LogP contribution in [-0.2, 0) is 23.9 Å². The third-order valence-corrected chi connectivity index (χ3v) is 2.51. The highest BCUT2D eigenvalue weighted by Gasteiger charge is 2.35. The monoisotopic (exact) mass is 267 g/mol. The van der Waals surface area contributed by atoms with Crippen LogP contribution in [-0.4, -0.2) is 28.9 Å². The Hall–Kier alpha value is -1.08. The van der Waals surface area contributed by atoms with Gasteiger partial charge in [-0.05, 0) is 6.42 Å². The highest BCUT2D eigenvalue weighted by Crippen LogP contribution is 2.17. The molecular weight excluding hydrogens is 253 g/mol. The molecule has 17 heavy (non-hydrogen) atoms. The zero-order chi connectivity index (χ0) is 13.4. The molecule has 0 aromatic rings. The van der Waals surface area contributed by atoms with Crippen LogP contribution in [0.25, 0.3) is 0 Å². The summed E-state index contributed by atoms with van der Waals surface area (Å²) in [7, 11) is -3.28. The van der Waals surface area contributed by atoms with Crippen LogP contribution in [0.2, 0.25) is 0 Å². The topological polar surface area (TPSA) is 139 Å². The second kappa shape index (κ2) is 8.08. The fourth-order valence-electron chi connectivity index (χ4n) is 0.759. The summed E-state index contributed by atoms with van der Waals surface area (Å²) in [6, 6.07) is -1.81. The van der Waals surface area contributed by atoms with Crippen molar-refractivity contribution in [2.24, 2.45) is 5.73 Å². The zero-order valence-electron chi connectivity index (χ0n) is 9.20. The van der Waals surface area contributed by atoms with Gasteiger partial charge in [-0.25, -0.2) is 19.4 Å². The summed E-state index contributed by atoms with van der Waals surface area (Å²) in [6.07, 6.45) is 1.40. The maximum Gasteiger partial charge on any atom is 0.379 e. The third kappa shape index (κ3) is 6.28. The van der Waals surface area contributed by atoms with E-state index in [-0.39, 0.29) is 6.42 Å². The minimum atomic E-state index is -3.28. The molecule has 8 nitrogen and oxygen atoms in total. The molecule has 9 heteroatoms. The standard InChI is InChI=1S/C8H14NO7P/c1-2-3-4-5(10)15-16-7(11)6(9)8(12)17(13)14/h6,8,12H,2-4,9H2,1H3. The first kappa shape index (κ1) is 15.9. The fraction of sp³-hybridized carbons (Fsp3) is 0.750. The molecule has 0 aliphatic heterocycles. The van der Waals surface area contributed by atoms with E-state index >= 15 is 0 Å². The Morgan fingerprint density at radius 3 is 2.53 bits per heavy atom. The third-order valence-electron chi connectivity index (χ3n) is 1.76. The van der Waals surface area contributed by atoms with E-state index in [1.54, 1.807) is 0 Å². The second-order valence-electron chi connectivity index (χ2n) is 3.19. The molecule has 98 valence electrons. The van der Waals surface area contributed by atoms with Gasteiger partial charge in [0.1, 0.15) is 0 Å². The van der Waals surface area contributed by atoms with Crippen molar-refractivity contribution in [2.45, 2.75) is 38.1 Å². The molecule has 0 amide bonds. The summed E-state index contributed by atoms with van der Waals surface area (Å²) < 4.78 is 10.3. The molecule has 0 aliphatic carbocycles. The molecular formula is C8H14NO7P. The number of aliphatic hydroxyl groups excluding tert-OH is 1. The van der Waals surface area contributed by atoms with Gasteiger partial charge in [0.05, 0.1) is 6.42 Å². The zero-order valence-corrected chi connectivity index (χ0v) is 10.1. The molecule has 0 heterocycles. The highest BCUT2D eigenvalue weighted by atomic mass is 31.1. The minimum absolute atomic E-state index is 0.0669. The predicted octanol–water partition coefficient (Wildman–Crippen LogP) is -1.07. The molecule has 0 aliphatic rings. The lowest BCUT2D eigenvalue weighted by molar-refractivity contribution is -0.261. The molecule has 3 N–H and O–H groups in total. The van der Waals surface area contributed by atoms with Crippen molar-refractivity contribution in [3.05, 3.63) is 0 Å². The van der Waals surface area contributed by atoms with Gasteiger partial charge in [0, 0.05) is 0 Å². The van der Waals surface area contributed by atoms with Gasteiger partial charge >= 0.3 is 20.0 Å². The fourth-order valence-corrected chi connectivity index (χ4v) is 1.14. The maximum absolute atomic E-state index is 11.0. The van der Waals surface area contributed by atoms with Crippen molar-refractivity contribution in [2.75, 3.05) is 0 Å².